The van der Waals surface area contributed by atoms with Crippen LogP contribution in [0.25, 0.3) is 0 Å². The average molecular weight is 432 g/mol. The van der Waals surface area contributed by atoms with Crippen molar-refractivity contribution in [2.45, 2.75) is 23.0 Å². The summed E-state index contributed by atoms with van der Waals surface area (Å²) in [6, 6.07) is 3.66. The Kier molecular flexibility index (Phi) is 5.93. The lowest BCUT2D eigenvalue weighted by atomic mass is 10.2. The Bertz CT molecular complexity index is 850. The number of alkyl halides is 6. The fourth-order valence-electron chi connectivity index (χ4n) is 1.48. The Balaban J connectivity index is 3.28. The first-order chi connectivity index (χ1) is 11.5. The highest BCUT2D eigenvalue weighted by Gasteiger charge is 2.83. The smallest absolute Gasteiger partial charge is 0.380 e. The van der Waals surface area contributed by atoms with Crippen LogP contribution in [0.5, 0.6) is 5.75 Å². The first-order valence-corrected chi connectivity index (χ1v) is 8.98. The molecule has 0 aliphatic rings. The summed E-state index contributed by atoms with van der Waals surface area (Å²) in [4.78, 5) is 0. The van der Waals surface area contributed by atoms with Crippen LogP contribution in [-0.4, -0.2) is 44.9 Å². The van der Waals surface area contributed by atoms with Gasteiger partial charge in [-0.15, -0.1) is 0 Å². The topological polar surface area (TPSA) is 107 Å². The number of hydrogen-bond donors (Lipinski definition) is 1. The van der Waals surface area contributed by atoms with Crippen LogP contribution in [0.1, 0.15) is 5.56 Å². The number of hydrogen-bond acceptors (Lipinski definition) is 6. The second-order valence-electron chi connectivity index (χ2n) is 4.70. The van der Waals surface area contributed by atoms with Crippen LogP contribution >= 0.6 is 0 Å². The fraction of sp³-hybridized carbons (Fsp3) is 0.455. The van der Waals surface area contributed by atoms with E-state index in [1.165, 1.54) is 7.11 Å². The molecule has 15 heteroatoms. The van der Waals surface area contributed by atoms with Gasteiger partial charge in [0.1, 0.15) is 5.75 Å². The van der Waals surface area contributed by atoms with Crippen LogP contribution in [0.4, 0.5) is 26.3 Å². The standard InChI is InChI=1S/C11H10F6O7S2/c1-23-6-7-2-4-8(5-3-7)24-26(21,22)11(16,17)9(12,13)10(14,15)25(18,19)20/h2-5H,6H2,1H3,(H,18,19,20). The first kappa shape index (κ1) is 22.5. The van der Waals surface area contributed by atoms with Crippen LogP contribution in [0.3, 0.4) is 0 Å². The van der Waals surface area contributed by atoms with E-state index in [4.69, 9.17) is 9.29 Å². The number of rotatable bonds is 8. The Morgan fingerprint density at radius 1 is 0.923 bits per heavy atom. The van der Waals surface area contributed by atoms with Gasteiger partial charge >= 0.3 is 36.7 Å². The van der Waals surface area contributed by atoms with E-state index in [1.807, 2.05) is 0 Å². The normalized spacial score (nSPS) is 14.3. The summed E-state index contributed by atoms with van der Waals surface area (Å²) in [5.41, 5.74) is 0.396. The summed E-state index contributed by atoms with van der Waals surface area (Å²) in [6.45, 7) is 0.0157. The molecule has 0 unspecified atom stereocenters. The van der Waals surface area contributed by atoms with Crippen molar-refractivity contribution in [1.29, 1.82) is 0 Å². The zero-order valence-corrected chi connectivity index (χ0v) is 14.1. The first-order valence-electron chi connectivity index (χ1n) is 6.13. The lowest BCUT2D eigenvalue weighted by Gasteiger charge is -2.29. The summed E-state index contributed by atoms with van der Waals surface area (Å²) in [5, 5.41) is -13.5. The minimum atomic E-state index is -7.09. The van der Waals surface area contributed by atoms with Crippen molar-refractivity contribution in [2.24, 2.45) is 0 Å². The van der Waals surface area contributed by atoms with Crippen LogP contribution in [-0.2, 0) is 31.6 Å². The van der Waals surface area contributed by atoms with Crippen molar-refractivity contribution in [1.82, 2.24) is 0 Å². The molecule has 0 saturated carbocycles. The van der Waals surface area contributed by atoms with Crippen molar-refractivity contribution < 1.29 is 56.7 Å². The summed E-state index contributed by atoms with van der Waals surface area (Å²) in [5.74, 6) is -8.00. The fourth-order valence-corrected chi connectivity index (χ4v) is 2.90. The lowest BCUT2D eigenvalue weighted by Crippen LogP contribution is -2.61. The SMILES string of the molecule is COCc1ccc(OS(=O)(=O)C(F)(F)C(F)(F)C(F)(F)S(=O)(=O)O)cc1. The number of benzene rings is 1. The molecule has 1 aromatic carbocycles. The second-order valence-corrected chi connectivity index (χ2v) is 7.75. The highest BCUT2D eigenvalue weighted by atomic mass is 32.2. The quantitative estimate of drug-likeness (QED) is 0.382. The summed E-state index contributed by atoms with van der Waals surface area (Å²) >= 11 is 0. The highest BCUT2D eigenvalue weighted by molar-refractivity contribution is 7.88. The molecule has 0 aliphatic heterocycles. The van der Waals surface area contributed by atoms with E-state index in [-0.39, 0.29) is 6.61 Å². The average Bonchev–Trinajstić information content (AvgIpc) is 2.47. The molecule has 7 nitrogen and oxygen atoms in total. The Morgan fingerprint density at radius 3 is 1.77 bits per heavy atom. The van der Waals surface area contributed by atoms with Crippen LogP contribution in [0.2, 0.25) is 0 Å². The van der Waals surface area contributed by atoms with E-state index in [0.717, 1.165) is 24.3 Å². The van der Waals surface area contributed by atoms with Gasteiger partial charge in [0.2, 0.25) is 0 Å². The Labute approximate surface area is 143 Å². The van der Waals surface area contributed by atoms with Gasteiger partial charge in [0.25, 0.3) is 0 Å². The van der Waals surface area contributed by atoms with Gasteiger partial charge in [0, 0.05) is 7.11 Å². The van der Waals surface area contributed by atoms with Gasteiger partial charge in [-0.05, 0) is 17.7 Å². The minimum Gasteiger partial charge on any atom is -0.380 e. The molecule has 0 amide bonds. The summed E-state index contributed by atoms with van der Waals surface area (Å²) in [6.07, 6.45) is 0. The molecule has 150 valence electrons. The van der Waals surface area contributed by atoms with Gasteiger partial charge in [0.15, 0.2) is 0 Å². The molecular formula is C11H10F6O7S2. The maximum atomic E-state index is 13.6. The molecule has 0 saturated heterocycles. The molecule has 0 atom stereocenters. The minimum absolute atomic E-state index is 0.0157. The second kappa shape index (κ2) is 6.86. The van der Waals surface area contributed by atoms with E-state index in [1.54, 1.807) is 0 Å². The zero-order valence-electron chi connectivity index (χ0n) is 12.5. The van der Waals surface area contributed by atoms with Crippen LogP contribution in [0, 0.1) is 0 Å². The van der Waals surface area contributed by atoms with E-state index in [2.05, 4.69) is 4.18 Å². The molecule has 1 N–H and O–H groups in total. The molecule has 1 aromatic rings. The number of methoxy groups -OCH3 is 1. The van der Waals surface area contributed by atoms with Crippen LogP contribution < -0.4 is 4.18 Å². The highest BCUT2D eigenvalue weighted by Crippen LogP contribution is 2.50. The predicted octanol–water partition coefficient (Wildman–Crippen LogP) is 2.25. The third-order valence-electron chi connectivity index (χ3n) is 2.81. The molecule has 0 heterocycles. The third kappa shape index (κ3) is 3.74. The van der Waals surface area contributed by atoms with Crippen LogP contribution in [0.15, 0.2) is 24.3 Å². The monoisotopic (exact) mass is 432 g/mol. The summed E-state index contributed by atoms with van der Waals surface area (Å²) < 4.78 is 139. The van der Waals surface area contributed by atoms with Crippen molar-refractivity contribution in [3.05, 3.63) is 29.8 Å². The molecule has 0 radical (unpaired) electrons. The predicted molar refractivity (Wildman–Crippen MR) is 73.1 cm³/mol. The molecule has 1 rings (SSSR count). The van der Waals surface area contributed by atoms with Gasteiger partial charge in [0.05, 0.1) is 6.61 Å². The molecule has 0 bridgehead atoms. The summed E-state index contributed by atoms with van der Waals surface area (Å²) in [7, 11) is -12.6. The molecule has 0 aliphatic carbocycles. The van der Waals surface area contributed by atoms with Gasteiger partial charge in [-0.25, -0.2) is 0 Å². The molecular weight excluding hydrogens is 422 g/mol. The molecule has 0 spiro atoms. The van der Waals surface area contributed by atoms with E-state index in [9.17, 15) is 43.2 Å². The maximum absolute atomic E-state index is 13.6. The largest absolute Gasteiger partial charge is 0.450 e. The third-order valence-corrected chi connectivity index (χ3v) is 5.01. The van der Waals surface area contributed by atoms with E-state index in [0.29, 0.717) is 5.56 Å². The number of halogens is 6. The molecule has 26 heavy (non-hydrogen) atoms. The van der Waals surface area contributed by atoms with Crippen molar-refractivity contribution in [3.8, 4) is 5.75 Å². The van der Waals surface area contributed by atoms with Crippen molar-refractivity contribution in [2.75, 3.05) is 7.11 Å². The molecule has 0 aromatic heterocycles. The Hall–Kier alpha value is -1.58. The molecule has 0 fully saturated rings. The Morgan fingerprint density at radius 2 is 1.38 bits per heavy atom. The van der Waals surface area contributed by atoms with Gasteiger partial charge < -0.3 is 8.92 Å². The van der Waals surface area contributed by atoms with Gasteiger partial charge in [-0.2, -0.15) is 43.2 Å². The van der Waals surface area contributed by atoms with Crippen molar-refractivity contribution >= 4 is 20.2 Å². The van der Waals surface area contributed by atoms with Gasteiger partial charge in [-0.3, -0.25) is 4.55 Å². The van der Waals surface area contributed by atoms with Crippen molar-refractivity contribution in [3.63, 3.8) is 0 Å². The van der Waals surface area contributed by atoms with Gasteiger partial charge in [-0.1, -0.05) is 12.1 Å². The lowest BCUT2D eigenvalue weighted by molar-refractivity contribution is -0.247. The maximum Gasteiger partial charge on any atom is 0.450 e. The number of ether oxygens (including phenoxy) is 1. The zero-order chi connectivity index (χ0) is 20.6. The van der Waals surface area contributed by atoms with E-state index < -0.39 is 42.4 Å². The van der Waals surface area contributed by atoms with E-state index >= 15 is 0 Å².